The molecule has 0 N–H and O–H groups in total. The van der Waals surface area contributed by atoms with Crippen molar-refractivity contribution in [3.8, 4) is 0 Å². The molecule has 0 bridgehead atoms. The number of rotatable bonds is 3. The highest BCUT2D eigenvalue weighted by molar-refractivity contribution is 6.06. The molecule has 0 atom stereocenters. The fourth-order valence-corrected chi connectivity index (χ4v) is 3.96. The van der Waals surface area contributed by atoms with Crippen LogP contribution in [0.3, 0.4) is 0 Å². The molecule has 2 aromatic rings. The fourth-order valence-electron chi connectivity index (χ4n) is 3.96. The van der Waals surface area contributed by atoms with Gasteiger partial charge in [-0.1, -0.05) is 13.0 Å². The standard InChI is InChI=1S/C19H26N4O/c1-3-21-9-11-22(12-10-21)15-13-23(14-15)19(24)17-5-4-6-18-16(17)7-8-20(18)2/h4-8,15H,3,9-14H2,1-2H3. The van der Waals surface area contributed by atoms with E-state index in [0.29, 0.717) is 6.04 Å². The molecule has 24 heavy (non-hydrogen) atoms. The van der Waals surface area contributed by atoms with Crippen molar-refractivity contribution in [2.45, 2.75) is 13.0 Å². The molecule has 0 aliphatic carbocycles. The van der Waals surface area contributed by atoms with Crippen LogP contribution in [0.25, 0.3) is 10.9 Å². The number of carbonyl (C=O) groups is 1. The first-order valence-corrected chi connectivity index (χ1v) is 8.97. The van der Waals surface area contributed by atoms with E-state index in [9.17, 15) is 4.79 Å². The van der Waals surface area contributed by atoms with Crippen LogP contribution in [0.5, 0.6) is 0 Å². The summed E-state index contributed by atoms with van der Waals surface area (Å²) >= 11 is 0. The van der Waals surface area contributed by atoms with Crippen molar-refractivity contribution in [2.75, 3.05) is 45.8 Å². The zero-order valence-electron chi connectivity index (χ0n) is 14.6. The molecule has 2 aliphatic rings. The van der Waals surface area contributed by atoms with Crippen LogP contribution in [-0.4, -0.2) is 77.0 Å². The highest BCUT2D eigenvalue weighted by Gasteiger charge is 2.36. The molecule has 0 saturated carbocycles. The molecular formula is C19H26N4O. The summed E-state index contributed by atoms with van der Waals surface area (Å²) in [4.78, 5) is 19.9. The third-order valence-corrected chi connectivity index (χ3v) is 5.68. The summed E-state index contributed by atoms with van der Waals surface area (Å²) in [5, 5.41) is 1.06. The van der Waals surface area contributed by atoms with Gasteiger partial charge in [-0.05, 0) is 24.7 Å². The maximum Gasteiger partial charge on any atom is 0.254 e. The highest BCUT2D eigenvalue weighted by atomic mass is 16.2. The van der Waals surface area contributed by atoms with Crippen molar-refractivity contribution >= 4 is 16.8 Å². The van der Waals surface area contributed by atoms with E-state index in [1.807, 2.05) is 36.3 Å². The second kappa shape index (κ2) is 6.22. The molecule has 1 aromatic heterocycles. The largest absolute Gasteiger partial charge is 0.351 e. The lowest BCUT2D eigenvalue weighted by Gasteiger charge is -2.48. The van der Waals surface area contributed by atoms with Crippen molar-refractivity contribution in [3.63, 3.8) is 0 Å². The lowest BCUT2D eigenvalue weighted by molar-refractivity contribution is 0.00852. The summed E-state index contributed by atoms with van der Waals surface area (Å²) in [6.45, 7) is 9.69. The second-order valence-electron chi connectivity index (χ2n) is 7.00. The molecule has 0 unspecified atom stereocenters. The molecule has 5 heteroatoms. The summed E-state index contributed by atoms with van der Waals surface area (Å²) in [6.07, 6.45) is 2.02. The number of fused-ring (bicyclic) bond motifs is 1. The lowest BCUT2D eigenvalue weighted by atomic mass is 10.0. The van der Waals surface area contributed by atoms with Crippen molar-refractivity contribution in [3.05, 3.63) is 36.0 Å². The Morgan fingerprint density at radius 3 is 2.58 bits per heavy atom. The van der Waals surface area contributed by atoms with E-state index in [0.717, 1.165) is 62.3 Å². The maximum absolute atomic E-state index is 12.9. The SMILES string of the molecule is CCN1CCN(C2CN(C(=O)c3cccc4c3ccn4C)C2)CC1. The topological polar surface area (TPSA) is 31.7 Å². The van der Waals surface area contributed by atoms with Crippen LogP contribution in [-0.2, 0) is 7.05 Å². The number of nitrogens with zero attached hydrogens (tertiary/aromatic N) is 4. The van der Waals surface area contributed by atoms with Crippen LogP contribution in [0.1, 0.15) is 17.3 Å². The third kappa shape index (κ3) is 2.62. The van der Waals surface area contributed by atoms with E-state index in [1.165, 1.54) is 0 Å². The van der Waals surface area contributed by atoms with Gasteiger partial charge < -0.3 is 14.4 Å². The van der Waals surface area contributed by atoms with Gasteiger partial charge in [0.05, 0.1) is 0 Å². The molecule has 1 amide bonds. The molecule has 0 radical (unpaired) electrons. The number of carbonyl (C=O) groups excluding carboxylic acids is 1. The van der Waals surface area contributed by atoms with Crippen molar-refractivity contribution in [1.29, 1.82) is 0 Å². The number of aromatic nitrogens is 1. The van der Waals surface area contributed by atoms with Crippen molar-refractivity contribution < 1.29 is 4.79 Å². The number of benzene rings is 1. The Kier molecular flexibility index (Phi) is 4.06. The Hall–Kier alpha value is -1.85. The number of hydrogen-bond donors (Lipinski definition) is 0. The summed E-state index contributed by atoms with van der Waals surface area (Å²) in [5.74, 6) is 0.176. The van der Waals surface area contributed by atoms with Gasteiger partial charge in [-0.3, -0.25) is 9.69 Å². The number of amides is 1. The Balaban J connectivity index is 1.41. The third-order valence-electron chi connectivity index (χ3n) is 5.68. The van der Waals surface area contributed by atoms with Gasteiger partial charge in [-0.25, -0.2) is 0 Å². The minimum Gasteiger partial charge on any atom is -0.351 e. The van der Waals surface area contributed by atoms with E-state index in [-0.39, 0.29) is 5.91 Å². The molecule has 2 fully saturated rings. The Labute approximate surface area is 143 Å². The van der Waals surface area contributed by atoms with E-state index >= 15 is 0 Å². The Bertz CT molecular complexity index is 739. The lowest BCUT2D eigenvalue weighted by Crippen LogP contribution is -2.64. The van der Waals surface area contributed by atoms with Crippen molar-refractivity contribution in [2.24, 2.45) is 7.05 Å². The predicted octanol–water partition coefficient (Wildman–Crippen LogP) is 1.64. The number of aryl methyl sites for hydroxylation is 1. The Morgan fingerprint density at radius 1 is 1.12 bits per heavy atom. The van der Waals surface area contributed by atoms with Crippen LogP contribution >= 0.6 is 0 Å². The average Bonchev–Trinajstić information content (AvgIpc) is 2.95. The van der Waals surface area contributed by atoms with Gasteiger partial charge in [0, 0.05) is 75.0 Å². The first-order chi connectivity index (χ1) is 11.7. The van der Waals surface area contributed by atoms with Crippen molar-refractivity contribution in [1.82, 2.24) is 19.3 Å². The van der Waals surface area contributed by atoms with E-state index < -0.39 is 0 Å². The zero-order valence-corrected chi connectivity index (χ0v) is 14.6. The minimum atomic E-state index is 0.176. The molecular weight excluding hydrogens is 300 g/mol. The monoisotopic (exact) mass is 326 g/mol. The Morgan fingerprint density at radius 2 is 1.88 bits per heavy atom. The van der Waals surface area contributed by atoms with E-state index in [4.69, 9.17) is 0 Å². The van der Waals surface area contributed by atoms with Gasteiger partial charge in [-0.2, -0.15) is 0 Å². The predicted molar refractivity (Wildman–Crippen MR) is 96.3 cm³/mol. The fraction of sp³-hybridized carbons (Fsp3) is 0.526. The van der Waals surface area contributed by atoms with Gasteiger partial charge >= 0.3 is 0 Å². The number of hydrogen-bond acceptors (Lipinski definition) is 3. The van der Waals surface area contributed by atoms with Gasteiger partial charge in [0.1, 0.15) is 0 Å². The number of piperazine rings is 1. The summed E-state index contributed by atoms with van der Waals surface area (Å²) in [5.41, 5.74) is 1.95. The maximum atomic E-state index is 12.9. The molecule has 3 heterocycles. The quantitative estimate of drug-likeness (QED) is 0.859. The van der Waals surface area contributed by atoms with E-state index in [2.05, 4.69) is 27.4 Å². The average molecular weight is 326 g/mol. The normalized spacial score (nSPS) is 20.5. The van der Waals surface area contributed by atoms with Crippen LogP contribution in [0.2, 0.25) is 0 Å². The molecule has 2 saturated heterocycles. The zero-order chi connectivity index (χ0) is 16.7. The molecule has 1 aromatic carbocycles. The number of likely N-dealkylation sites (tertiary alicyclic amines) is 1. The molecule has 5 nitrogen and oxygen atoms in total. The van der Waals surface area contributed by atoms with Crippen LogP contribution < -0.4 is 0 Å². The first-order valence-electron chi connectivity index (χ1n) is 8.97. The first kappa shape index (κ1) is 15.7. The molecule has 0 spiro atoms. The van der Waals surface area contributed by atoms with Gasteiger partial charge in [-0.15, -0.1) is 0 Å². The van der Waals surface area contributed by atoms with Gasteiger partial charge in [0.2, 0.25) is 0 Å². The smallest absolute Gasteiger partial charge is 0.254 e. The molecule has 2 aliphatic heterocycles. The summed E-state index contributed by atoms with van der Waals surface area (Å²) in [7, 11) is 2.02. The van der Waals surface area contributed by atoms with Gasteiger partial charge in [0.15, 0.2) is 0 Å². The van der Waals surface area contributed by atoms with E-state index in [1.54, 1.807) is 0 Å². The van der Waals surface area contributed by atoms with Crippen LogP contribution in [0.4, 0.5) is 0 Å². The summed E-state index contributed by atoms with van der Waals surface area (Å²) in [6, 6.07) is 8.60. The van der Waals surface area contributed by atoms with Crippen LogP contribution in [0, 0.1) is 0 Å². The van der Waals surface area contributed by atoms with Gasteiger partial charge in [0.25, 0.3) is 5.91 Å². The van der Waals surface area contributed by atoms with Crippen LogP contribution in [0.15, 0.2) is 30.5 Å². The molecule has 4 rings (SSSR count). The number of likely N-dealkylation sites (N-methyl/N-ethyl adjacent to an activating group) is 1. The highest BCUT2D eigenvalue weighted by Crippen LogP contribution is 2.24. The summed E-state index contributed by atoms with van der Waals surface area (Å²) < 4.78 is 2.07. The minimum absolute atomic E-state index is 0.176. The second-order valence-corrected chi connectivity index (χ2v) is 7.00. The molecule has 128 valence electrons.